The van der Waals surface area contributed by atoms with E-state index in [1.165, 1.54) is 11.8 Å². The fraction of sp³-hybridized carbons (Fsp3) is 0.100. The van der Waals surface area contributed by atoms with E-state index in [4.69, 9.17) is 16.3 Å². The molecule has 0 bridgehead atoms. The third-order valence-electron chi connectivity index (χ3n) is 3.58. The van der Waals surface area contributed by atoms with E-state index in [0.717, 1.165) is 10.0 Å². The molecule has 1 heterocycles. The van der Waals surface area contributed by atoms with Crippen molar-refractivity contribution in [2.75, 3.05) is 6.61 Å². The van der Waals surface area contributed by atoms with Gasteiger partial charge in [-0.15, -0.1) is 0 Å². The average molecular weight is 465 g/mol. The summed E-state index contributed by atoms with van der Waals surface area (Å²) in [4.78, 5) is 17.4. The number of hydrogen-bond acceptors (Lipinski definition) is 5. The highest BCUT2D eigenvalue weighted by atomic mass is 79.9. The van der Waals surface area contributed by atoms with Crippen molar-refractivity contribution in [3.63, 3.8) is 0 Å². The lowest BCUT2D eigenvalue weighted by atomic mass is 10.1. The molecule has 4 nitrogen and oxygen atoms in total. The highest BCUT2D eigenvalue weighted by molar-refractivity contribution is 9.10. The maximum absolute atomic E-state index is 12.4. The molecule has 7 heteroatoms. The van der Waals surface area contributed by atoms with Crippen LogP contribution in [0.15, 0.2) is 74.2 Å². The summed E-state index contributed by atoms with van der Waals surface area (Å²) in [6.07, 6.45) is 1.80. The molecule has 2 aromatic rings. The van der Waals surface area contributed by atoms with Gasteiger partial charge < -0.3 is 9.84 Å². The van der Waals surface area contributed by atoms with Gasteiger partial charge in [0.05, 0.1) is 17.2 Å². The smallest absolute Gasteiger partial charge is 0.344 e. The lowest BCUT2D eigenvalue weighted by molar-refractivity contribution is -0.138. The lowest BCUT2D eigenvalue weighted by Crippen LogP contribution is -2.12. The van der Waals surface area contributed by atoms with Gasteiger partial charge >= 0.3 is 5.97 Å². The largest absolute Gasteiger partial charge is 0.506 e. The molecule has 0 saturated heterocycles. The second kappa shape index (κ2) is 8.78. The molecule has 0 amide bonds. The van der Waals surface area contributed by atoms with Crippen molar-refractivity contribution < 1.29 is 14.6 Å². The molecule has 27 heavy (non-hydrogen) atoms. The number of hydrogen-bond donors (Lipinski definition) is 1. The summed E-state index contributed by atoms with van der Waals surface area (Å²) in [5.74, 6) is -0.746. The lowest BCUT2D eigenvalue weighted by Gasteiger charge is -2.04. The number of thioether (sulfide) groups is 1. The van der Waals surface area contributed by atoms with Gasteiger partial charge in [-0.1, -0.05) is 57.5 Å². The maximum atomic E-state index is 12.4. The first-order valence-electron chi connectivity index (χ1n) is 8.08. The molecular formula is C20H15BrClNO3S. The summed E-state index contributed by atoms with van der Waals surface area (Å²) in [7, 11) is 0. The fourth-order valence-electron chi connectivity index (χ4n) is 2.37. The predicted octanol–water partition coefficient (Wildman–Crippen LogP) is 6.30. The highest BCUT2D eigenvalue weighted by Crippen LogP contribution is 2.40. The zero-order chi connectivity index (χ0) is 19.4. The Bertz CT molecular complexity index is 967. The van der Waals surface area contributed by atoms with Gasteiger partial charge in [0.1, 0.15) is 16.4 Å². The zero-order valence-corrected chi connectivity index (χ0v) is 17.4. The number of halogens is 2. The van der Waals surface area contributed by atoms with Gasteiger partial charge in [-0.3, -0.25) is 0 Å². The zero-order valence-electron chi connectivity index (χ0n) is 14.3. The first-order valence-corrected chi connectivity index (χ1v) is 10.1. The summed E-state index contributed by atoms with van der Waals surface area (Å²) in [6.45, 7) is 1.92. The summed E-state index contributed by atoms with van der Waals surface area (Å²) < 4.78 is 6.05. The van der Waals surface area contributed by atoms with Crippen molar-refractivity contribution in [2.24, 2.45) is 4.99 Å². The SMILES string of the molecule is CCOC(=O)C1=C(O)/C(=C\c2ccc(Br)cc2)SC1=Nc1cccc(Cl)c1. The maximum Gasteiger partial charge on any atom is 0.344 e. The van der Waals surface area contributed by atoms with E-state index in [9.17, 15) is 9.90 Å². The van der Waals surface area contributed by atoms with Crippen molar-refractivity contribution in [1.29, 1.82) is 0 Å². The number of aliphatic imine (C=N–C) groups is 1. The van der Waals surface area contributed by atoms with Crippen molar-refractivity contribution in [1.82, 2.24) is 0 Å². The number of ether oxygens (including phenoxy) is 1. The number of carbonyl (C=O) groups is 1. The van der Waals surface area contributed by atoms with Crippen molar-refractivity contribution >= 4 is 62.1 Å². The molecule has 0 fully saturated rings. The summed E-state index contributed by atoms with van der Waals surface area (Å²) in [5, 5.41) is 11.5. The number of nitrogens with zero attached hydrogens (tertiary/aromatic N) is 1. The summed E-state index contributed by atoms with van der Waals surface area (Å²) in [6, 6.07) is 14.6. The van der Waals surface area contributed by atoms with Gasteiger partial charge in [0.15, 0.2) is 0 Å². The van der Waals surface area contributed by atoms with Crippen LogP contribution < -0.4 is 0 Å². The van der Waals surface area contributed by atoms with Crippen LogP contribution in [-0.4, -0.2) is 22.7 Å². The molecule has 0 aromatic heterocycles. The van der Waals surface area contributed by atoms with E-state index in [1.54, 1.807) is 37.3 Å². The Kier molecular flexibility index (Phi) is 6.42. The van der Waals surface area contributed by atoms with Crippen molar-refractivity contribution in [3.05, 3.63) is 79.8 Å². The number of aliphatic hydroxyl groups is 1. The molecular weight excluding hydrogens is 450 g/mol. The van der Waals surface area contributed by atoms with Gasteiger partial charge in [-0.25, -0.2) is 9.79 Å². The molecule has 1 N–H and O–H groups in total. The van der Waals surface area contributed by atoms with Crippen LogP contribution in [0.25, 0.3) is 6.08 Å². The van der Waals surface area contributed by atoms with Crippen LogP contribution >= 0.6 is 39.3 Å². The summed E-state index contributed by atoms with van der Waals surface area (Å²) >= 11 is 10.6. The van der Waals surface area contributed by atoms with Gasteiger partial charge in [0.25, 0.3) is 0 Å². The average Bonchev–Trinajstić information content (AvgIpc) is 2.92. The normalized spacial score (nSPS) is 17.0. The van der Waals surface area contributed by atoms with Crippen molar-refractivity contribution in [2.45, 2.75) is 6.92 Å². The topological polar surface area (TPSA) is 58.9 Å². The second-order valence-corrected chi connectivity index (χ2v) is 7.89. The molecule has 0 radical (unpaired) electrons. The Morgan fingerprint density at radius 1 is 1.30 bits per heavy atom. The minimum Gasteiger partial charge on any atom is -0.506 e. The Morgan fingerprint density at radius 3 is 2.70 bits per heavy atom. The van der Waals surface area contributed by atoms with E-state index in [0.29, 0.717) is 20.7 Å². The first-order chi connectivity index (χ1) is 13.0. The molecule has 0 saturated carbocycles. The molecule has 3 rings (SSSR count). The van der Waals surface area contributed by atoms with Gasteiger partial charge in [-0.05, 0) is 48.9 Å². The second-order valence-electron chi connectivity index (χ2n) is 5.50. The van der Waals surface area contributed by atoms with E-state index in [1.807, 2.05) is 24.3 Å². The number of carbonyl (C=O) groups excluding carboxylic acids is 1. The van der Waals surface area contributed by atoms with E-state index >= 15 is 0 Å². The molecule has 2 aromatic carbocycles. The minimum atomic E-state index is -0.609. The molecule has 0 atom stereocenters. The third kappa shape index (κ3) is 4.83. The van der Waals surface area contributed by atoms with E-state index in [2.05, 4.69) is 20.9 Å². The quantitative estimate of drug-likeness (QED) is 0.540. The van der Waals surface area contributed by atoms with Crippen LogP contribution in [0.3, 0.4) is 0 Å². The molecule has 0 spiro atoms. The fourth-order valence-corrected chi connectivity index (χ4v) is 3.85. The van der Waals surface area contributed by atoms with Crippen LogP contribution in [-0.2, 0) is 9.53 Å². The van der Waals surface area contributed by atoms with Crippen LogP contribution in [0.2, 0.25) is 5.02 Å². The minimum absolute atomic E-state index is 0.0604. The molecule has 0 aliphatic carbocycles. The van der Waals surface area contributed by atoms with E-state index < -0.39 is 5.97 Å². The number of esters is 1. The summed E-state index contributed by atoms with van der Waals surface area (Å²) in [5.41, 5.74) is 1.54. The Labute approximate surface area is 174 Å². The molecule has 0 unspecified atom stereocenters. The molecule has 1 aliphatic rings. The van der Waals surface area contributed by atoms with Crippen LogP contribution in [0.1, 0.15) is 12.5 Å². The number of rotatable bonds is 4. The van der Waals surface area contributed by atoms with E-state index in [-0.39, 0.29) is 17.9 Å². The monoisotopic (exact) mass is 463 g/mol. The molecule has 138 valence electrons. The number of aliphatic hydroxyl groups excluding tert-OH is 1. The Balaban J connectivity index is 2.03. The van der Waals surface area contributed by atoms with Gasteiger partial charge in [-0.2, -0.15) is 0 Å². The predicted molar refractivity (Wildman–Crippen MR) is 115 cm³/mol. The molecule has 1 aliphatic heterocycles. The van der Waals surface area contributed by atoms with Gasteiger partial charge in [0.2, 0.25) is 0 Å². The van der Waals surface area contributed by atoms with Crippen LogP contribution in [0.5, 0.6) is 0 Å². The Hall–Kier alpha value is -2.02. The van der Waals surface area contributed by atoms with Gasteiger partial charge in [0, 0.05) is 9.50 Å². The van der Waals surface area contributed by atoms with Crippen LogP contribution in [0, 0.1) is 0 Å². The third-order valence-corrected chi connectivity index (χ3v) is 5.36. The highest BCUT2D eigenvalue weighted by Gasteiger charge is 2.33. The standard InChI is InChI=1S/C20H15BrClNO3S/c1-2-26-20(25)17-18(24)16(10-12-6-8-13(21)9-7-12)27-19(17)23-15-5-3-4-14(22)11-15/h3-11,24H,2H2,1H3/b16-10+,23-19?. The first kappa shape index (κ1) is 19.7. The Morgan fingerprint density at radius 2 is 2.04 bits per heavy atom. The number of benzene rings is 2. The van der Waals surface area contributed by atoms with Crippen molar-refractivity contribution in [3.8, 4) is 0 Å². The van der Waals surface area contributed by atoms with Crippen LogP contribution in [0.4, 0.5) is 5.69 Å².